The Morgan fingerprint density at radius 3 is 2.46 bits per heavy atom. The topological polar surface area (TPSA) is 130 Å². The largest absolute Gasteiger partial charge is 0.504 e. The number of ether oxygens (including phenoxy) is 2. The third-order valence-electron chi connectivity index (χ3n) is 4.84. The molecule has 2 aromatic carbocycles. The summed E-state index contributed by atoms with van der Waals surface area (Å²) < 4.78 is 11.0. The Labute approximate surface area is 219 Å². The van der Waals surface area contributed by atoms with Gasteiger partial charge in [0.1, 0.15) is 16.5 Å². The molecule has 1 aromatic heterocycles. The van der Waals surface area contributed by atoms with Gasteiger partial charge >= 0.3 is 5.97 Å². The fourth-order valence-corrected chi connectivity index (χ4v) is 3.95. The highest BCUT2D eigenvalue weighted by Gasteiger charge is 2.19. The Morgan fingerprint density at radius 2 is 1.81 bits per heavy atom. The van der Waals surface area contributed by atoms with Crippen molar-refractivity contribution in [1.82, 2.24) is 9.88 Å². The van der Waals surface area contributed by atoms with Gasteiger partial charge in [0, 0.05) is 39.1 Å². The predicted molar refractivity (Wildman–Crippen MR) is 140 cm³/mol. The number of rotatable bonds is 10. The summed E-state index contributed by atoms with van der Waals surface area (Å²) in [4.78, 5) is 42.7. The molecule has 0 aliphatic rings. The number of hydrogen-bond donors (Lipinski definition) is 3. The molecule has 11 heteroatoms. The Bertz CT molecular complexity index is 1280. The first-order valence-corrected chi connectivity index (χ1v) is 12.2. The van der Waals surface area contributed by atoms with Crippen LogP contribution in [0.1, 0.15) is 30.6 Å². The van der Waals surface area contributed by atoms with Gasteiger partial charge in [0.2, 0.25) is 5.91 Å². The van der Waals surface area contributed by atoms with Crippen LogP contribution in [0, 0.1) is 0 Å². The molecule has 0 spiro atoms. The maximum absolute atomic E-state index is 12.4. The van der Waals surface area contributed by atoms with Crippen molar-refractivity contribution in [2.24, 2.45) is 0 Å². The molecular weight excluding hydrogens is 496 g/mol. The summed E-state index contributed by atoms with van der Waals surface area (Å²) in [5, 5.41) is 16.5. The normalized spacial score (nSPS) is 10.4. The van der Waals surface area contributed by atoms with Crippen LogP contribution in [0.5, 0.6) is 17.2 Å². The van der Waals surface area contributed by atoms with Crippen LogP contribution >= 0.6 is 11.8 Å². The van der Waals surface area contributed by atoms with Gasteiger partial charge in [-0.2, -0.15) is 0 Å². The van der Waals surface area contributed by atoms with Crippen LogP contribution in [0.4, 0.5) is 11.5 Å². The van der Waals surface area contributed by atoms with Gasteiger partial charge in [-0.05, 0) is 30.3 Å². The van der Waals surface area contributed by atoms with E-state index in [4.69, 9.17) is 9.47 Å². The molecule has 0 fully saturated rings. The summed E-state index contributed by atoms with van der Waals surface area (Å²) in [7, 11) is 3.24. The van der Waals surface area contributed by atoms with Gasteiger partial charge in [-0.3, -0.25) is 14.4 Å². The quantitative estimate of drug-likeness (QED) is 0.201. The van der Waals surface area contributed by atoms with E-state index in [1.54, 1.807) is 45.3 Å². The van der Waals surface area contributed by atoms with Crippen LogP contribution in [0.15, 0.2) is 64.5 Å². The molecule has 0 radical (unpaired) electrons. The minimum atomic E-state index is -0.560. The van der Waals surface area contributed by atoms with Gasteiger partial charge in [-0.15, -0.1) is 0 Å². The van der Waals surface area contributed by atoms with Crippen LogP contribution in [-0.4, -0.2) is 53.6 Å². The number of carbonyl (C=O) groups is 3. The lowest BCUT2D eigenvalue weighted by Gasteiger charge is -2.16. The predicted octanol–water partition coefficient (Wildman–Crippen LogP) is 4.36. The third kappa shape index (κ3) is 7.61. The molecule has 3 rings (SSSR count). The van der Waals surface area contributed by atoms with E-state index in [0.717, 1.165) is 11.8 Å². The zero-order valence-corrected chi connectivity index (χ0v) is 21.7. The molecule has 3 aromatic rings. The average molecular weight is 525 g/mol. The van der Waals surface area contributed by atoms with E-state index in [-0.39, 0.29) is 48.0 Å². The first-order valence-electron chi connectivity index (χ1n) is 11.4. The van der Waals surface area contributed by atoms with E-state index in [2.05, 4.69) is 15.6 Å². The van der Waals surface area contributed by atoms with Crippen LogP contribution in [0.2, 0.25) is 0 Å². The second-order valence-electron chi connectivity index (χ2n) is 7.95. The molecule has 10 nitrogen and oxygen atoms in total. The van der Waals surface area contributed by atoms with Crippen molar-refractivity contribution < 1.29 is 29.0 Å². The Balaban J connectivity index is 1.95. The molecule has 194 valence electrons. The summed E-state index contributed by atoms with van der Waals surface area (Å²) >= 11 is 1.10. The van der Waals surface area contributed by atoms with Crippen molar-refractivity contribution in [3.05, 3.63) is 60.2 Å². The lowest BCUT2D eigenvalue weighted by atomic mass is 10.2. The van der Waals surface area contributed by atoms with Crippen molar-refractivity contribution >= 4 is 41.1 Å². The SMILES string of the molecule is CCC(=O)Nc1cc(O)c(NCOc2ccccc2)nc1Sc1ccc(C(=O)N(C)C)cc1OC(C)=O. The second-order valence-corrected chi connectivity index (χ2v) is 8.98. The maximum Gasteiger partial charge on any atom is 0.308 e. The number of aromatic nitrogens is 1. The monoisotopic (exact) mass is 524 g/mol. The average Bonchev–Trinajstić information content (AvgIpc) is 2.87. The highest BCUT2D eigenvalue weighted by molar-refractivity contribution is 7.99. The summed E-state index contributed by atoms with van der Waals surface area (Å²) in [5.74, 6) is -0.364. The van der Waals surface area contributed by atoms with E-state index in [1.807, 2.05) is 18.2 Å². The van der Waals surface area contributed by atoms with E-state index in [9.17, 15) is 19.5 Å². The molecule has 3 N–H and O–H groups in total. The lowest BCUT2D eigenvalue weighted by molar-refractivity contribution is -0.132. The molecule has 1 heterocycles. The highest BCUT2D eigenvalue weighted by Crippen LogP contribution is 2.41. The van der Waals surface area contributed by atoms with Crippen molar-refractivity contribution in [2.45, 2.75) is 30.2 Å². The van der Waals surface area contributed by atoms with Crippen LogP contribution < -0.4 is 20.1 Å². The number of para-hydroxylation sites is 1. The number of benzene rings is 2. The van der Waals surface area contributed by atoms with Crippen molar-refractivity contribution in [2.75, 3.05) is 31.5 Å². The number of aromatic hydroxyl groups is 1. The van der Waals surface area contributed by atoms with Gasteiger partial charge in [-0.1, -0.05) is 36.9 Å². The van der Waals surface area contributed by atoms with E-state index in [1.165, 1.54) is 24.0 Å². The summed E-state index contributed by atoms with van der Waals surface area (Å²) in [6, 6.07) is 15.2. The smallest absolute Gasteiger partial charge is 0.308 e. The second kappa shape index (κ2) is 12.6. The third-order valence-corrected chi connectivity index (χ3v) is 5.90. The fraction of sp³-hybridized carbons (Fsp3) is 0.231. The molecule has 37 heavy (non-hydrogen) atoms. The number of nitrogens with one attached hydrogen (secondary N) is 2. The van der Waals surface area contributed by atoms with E-state index >= 15 is 0 Å². The highest BCUT2D eigenvalue weighted by atomic mass is 32.2. The zero-order valence-electron chi connectivity index (χ0n) is 20.9. The molecule has 2 amide bonds. The minimum absolute atomic E-state index is 0.0232. The van der Waals surface area contributed by atoms with Crippen LogP contribution in [-0.2, 0) is 9.59 Å². The molecule has 0 atom stereocenters. The number of nitrogens with zero attached hydrogens (tertiary/aromatic N) is 2. The van der Waals surface area contributed by atoms with Crippen molar-refractivity contribution in [3.8, 4) is 17.2 Å². The standard InChI is InChI=1S/C26H28N4O6S/c1-5-23(33)28-19-14-20(32)24(27-15-35-18-9-7-6-8-10-18)29-25(19)37-22-12-11-17(26(34)30(3)4)13-21(22)36-16(2)31/h6-14,32H,5,15H2,1-4H3,(H,27,29)(H,28,33). The summed E-state index contributed by atoms with van der Waals surface area (Å²) in [6.45, 7) is 2.98. The number of anilines is 2. The number of esters is 1. The van der Waals surface area contributed by atoms with E-state index < -0.39 is 5.97 Å². The molecule has 0 saturated carbocycles. The number of pyridine rings is 1. The van der Waals surface area contributed by atoms with Crippen LogP contribution in [0.25, 0.3) is 0 Å². The first kappa shape index (κ1) is 27.3. The van der Waals surface area contributed by atoms with Gasteiger partial charge in [0.15, 0.2) is 18.3 Å². The lowest BCUT2D eigenvalue weighted by Crippen LogP contribution is -2.21. The van der Waals surface area contributed by atoms with Crippen molar-refractivity contribution in [3.63, 3.8) is 0 Å². The van der Waals surface area contributed by atoms with Crippen molar-refractivity contribution in [1.29, 1.82) is 0 Å². The molecule has 0 unspecified atom stereocenters. The first-order chi connectivity index (χ1) is 17.7. The summed E-state index contributed by atoms with van der Waals surface area (Å²) in [5.41, 5.74) is 0.607. The molecule has 0 aliphatic carbocycles. The molecule has 0 bridgehead atoms. The zero-order chi connectivity index (χ0) is 26.9. The van der Waals surface area contributed by atoms with Gasteiger partial charge in [0.25, 0.3) is 5.91 Å². The van der Waals surface area contributed by atoms with Gasteiger partial charge in [0.05, 0.1) is 10.6 Å². The Hall–Kier alpha value is -4.25. The maximum atomic E-state index is 12.4. The number of carbonyl (C=O) groups excluding carboxylic acids is 3. The fourth-order valence-electron chi connectivity index (χ4n) is 3.05. The van der Waals surface area contributed by atoms with E-state index in [0.29, 0.717) is 21.2 Å². The summed E-state index contributed by atoms with van der Waals surface area (Å²) in [6.07, 6.45) is 0.218. The van der Waals surface area contributed by atoms with Crippen LogP contribution in [0.3, 0.4) is 0 Å². The molecule has 0 saturated heterocycles. The van der Waals surface area contributed by atoms with Gasteiger partial charge < -0.3 is 30.1 Å². The number of amides is 2. The Kier molecular flexibility index (Phi) is 9.33. The molecule has 0 aliphatic heterocycles. The Morgan fingerprint density at radius 1 is 1.08 bits per heavy atom. The van der Waals surface area contributed by atoms with Gasteiger partial charge in [-0.25, -0.2) is 4.98 Å². The minimum Gasteiger partial charge on any atom is -0.504 e. The number of hydrogen-bond acceptors (Lipinski definition) is 9. The molecular formula is C26H28N4O6S.